The number of carbonyl (C=O) groups is 1. The van der Waals surface area contributed by atoms with Gasteiger partial charge in [0.15, 0.2) is 9.84 Å². The van der Waals surface area contributed by atoms with Crippen molar-refractivity contribution in [2.75, 3.05) is 24.2 Å². The second-order valence-corrected chi connectivity index (χ2v) is 11.8. The highest BCUT2D eigenvalue weighted by molar-refractivity contribution is 8.13. The Morgan fingerprint density at radius 3 is 2.75 bits per heavy atom. The minimum absolute atomic E-state index is 0.0163. The molecule has 1 fully saturated rings. The summed E-state index contributed by atoms with van der Waals surface area (Å²) < 4.78 is 26.4. The molecule has 0 bridgehead atoms. The van der Waals surface area contributed by atoms with Crippen LogP contribution in [0.3, 0.4) is 0 Å². The predicted octanol–water partition coefficient (Wildman–Crippen LogP) is 4.73. The summed E-state index contributed by atoms with van der Waals surface area (Å²) in [6.45, 7) is 2.87. The summed E-state index contributed by atoms with van der Waals surface area (Å²) in [6, 6.07) is 7.74. The molecule has 168 valence electrons. The molecule has 3 aromatic rings. The summed E-state index contributed by atoms with van der Waals surface area (Å²) >= 11 is 13.7. The number of hydrogen-bond donors (Lipinski definition) is 3. The fourth-order valence-electron chi connectivity index (χ4n) is 3.46. The van der Waals surface area contributed by atoms with Gasteiger partial charge in [0.05, 0.1) is 22.5 Å². The van der Waals surface area contributed by atoms with E-state index in [1.807, 2.05) is 6.92 Å². The Morgan fingerprint density at radius 1 is 1.28 bits per heavy atom. The van der Waals surface area contributed by atoms with Crippen molar-refractivity contribution in [3.8, 4) is 0 Å². The molecule has 0 saturated carbocycles. The third kappa shape index (κ3) is 4.40. The number of hydrogen-bond acceptors (Lipinski definition) is 7. The standard InChI is InChI=1S/C21H19Cl2N3O4S2/c1-11-6-17-13(8-15(11)23)20(26-16-3-2-12(22)7-14(16)21(27)28)18(9-25-17)32(29,30)19-10-24-4-5-31-19/h2-3,6-9,19,24H,4-5,10H2,1H3,(H,25,26)(H,27,28). The normalized spacial score (nSPS) is 16.8. The molecule has 0 spiro atoms. The van der Waals surface area contributed by atoms with Gasteiger partial charge in [-0.05, 0) is 42.8 Å². The number of pyridine rings is 1. The molecule has 32 heavy (non-hydrogen) atoms. The first kappa shape index (κ1) is 23.1. The molecule has 1 aliphatic heterocycles. The lowest BCUT2D eigenvalue weighted by molar-refractivity contribution is 0.0698. The van der Waals surface area contributed by atoms with Crippen molar-refractivity contribution in [1.29, 1.82) is 0 Å². The number of carboxylic acids is 1. The van der Waals surface area contributed by atoms with Crippen molar-refractivity contribution >= 4 is 73.0 Å². The smallest absolute Gasteiger partial charge is 0.337 e. The monoisotopic (exact) mass is 511 g/mol. The van der Waals surface area contributed by atoms with Gasteiger partial charge >= 0.3 is 5.97 Å². The maximum atomic E-state index is 13.6. The van der Waals surface area contributed by atoms with Gasteiger partial charge in [-0.15, -0.1) is 11.8 Å². The Labute approximate surface area is 199 Å². The Hall–Kier alpha value is -2.04. The zero-order chi connectivity index (χ0) is 23.0. The number of nitrogens with zero attached hydrogens (tertiary/aromatic N) is 1. The molecule has 11 heteroatoms. The Morgan fingerprint density at radius 2 is 2.06 bits per heavy atom. The third-order valence-corrected chi connectivity index (χ3v) is 9.70. The first-order valence-corrected chi connectivity index (χ1v) is 13.0. The lowest BCUT2D eigenvalue weighted by Gasteiger charge is -2.24. The van der Waals surface area contributed by atoms with Crippen LogP contribution >= 0.6 is 35.0 Å². The molecule has 1 saturated heterocycles. The number of sulfone groups is 1. The number of anilines is 2. The number of carboxylic acid groups (broad SMARTS) is 1. The number of aromatic carboxylic acids is 1. The Bertz CT molecular complexity index is 1330. The van der Waals surface area contributed by atoms with E-state index in [1.54, 1.807) is 12.1 Å². The molecular weight excluding hydrogens is 493 g/mol. The minimum Gasteiger partial charge on any atom is -0.478 e. The van der Waals surface area contributed by atoms with Gasteiger partial charge in [-0.2, -0.15) is 0 Å². The van der Waals surface area contributed by atoms with E-state index in [0.717, 1.165) is 12.1 Å². The van der Waals surface area contributed by atoms with Gasteiger partial charge < -0.3 is 15.7 Å². The van der Waals surface area contributed by atoms with E-state index in [2.05, 4.69) is 15.6 Å². The quantitative estimate of drug-likeness (QED) is 0.451. The van der Waals surface area contributed by atoms with E-state index < -0.39 is 20.4 Å². The average molecular weight is 512 g/mol. The highest BCUT2D eigenvalue weighted by Gasteiger charge is 2.33. The topological polar surface area (TPSA) is 108 Å². The number of rotatable bonds is 5. The summed E-state index contributed by atoms with van der Waals surface area (Å²) in [5, 5.41) is 17.0. The van der Waals surface area contributed by atoms with Gasteiger partial charge in [-0.3, -0.25) is 4.98 Å². The number of fused-ring (bicyclic) bond motifs is 1. The van der Waals surface area contributed by atoms with Crippen LogP contribution in [0, 0.1) is 6.92 Å². The molecule has 0 aliphatic carbocycles. The zero-order valence-corrected chi connectivity index (χ0v) is 20.0. The average Bonchev–Trinajstić information content (AvgIpc) is 2.76. The van der Waals surface area contributed by atoms with Crippen molar-refractivity contribution < 1.29 is 18.3 Å². The van der Waals surface area contributed by atoms with Crippen LogP contribution in [0.4, 0.5) is 11.4 Å². The highest BCUT2D eigenvalue weighted by atomic mass is 35.5. The van der Waals surface area contributed by atoms with E-state index in [1.165, 1.54) is 36.2 Å². The van der Waals surface area contributed by atoms with Gasteiger partial charge in [0.1, 0.15) is 9.48 Å². The van der Waals surface area contributed by atoms with Crippen LogP contribution in [-0.2, 0) is 9.84 Å². The van der Waals surface area contributed by atoms with Crippen LogP contribution in [0.15, 0.2) is 41.4 Å². The lowest BCUT2D eigenvalue weighted by Crippen LogP contribution is -2.37. The highest BCUT2D eigenvalue weighted by Crippen LogP contribution is 2.38. The van der Waals surface area contributed by atoms with Crippen LogP contribution in [0.1, 0.15) is 15.9 Å². The van der Waals surface area contributed by atoms with Crippen LogP contribution in [0.25, 0.3) is 10.9 Å². The van der Waals surface area contributed by atoms with E-state index in [0.29, 0.717) is 28.2 Å². The molecule has 0 radical (unpaired) electrons. The first-order valence-electron chi connectivity index (χ1n) is 9.63. The van der Waals surface area contributed by atoms with Gasteiger partial charge in [0.2, 0.25) is 0 Å². The zero-order valence-electron chi connectivity index (χ0n) is 16.9. The first-order chi connectivity index (χ1) is 15.2. The van der Waals surface area contributed by atoms with Gasteiger partial charge in [-0.25, -0.2) is 13.2 Å². The van der Waals surface area contributed by atoms with Crippen LogP contribution < -0.4 is 10.6 Å². The summed E-state index contributed by atoms with van der Waals surface area (Å²) in [6.07, 6.45) is 1.32. The van der Waals surface area contributed by atoms with Crippen molar-refractivity contribution in [2.45, 2.75) is 16.4 Å². The fourth-order valence-corrected chi connectivity index (χ4v) is 7.14. The fraction of sp³-hybridized carbons (Fsp3) is 0.238. The summed E-state index contributed by atoms with van der Waals surface area (Å²) in [7, 11) is -3.81. The number of nitrogens with one attached hydrogen (secondary N) is 2. The molecule has 0 amide bonds. The molecule has 3 N–H and O–H groups in total. The second kappa shape index (κ2) is 9.07. The number of aryl methyl sites for hydroxylation is 1. The summed E-state index contributed by atoms with van der Waals surface area (Å²) in [5.41, 5.74) is 1.68. The third-order valence-electron chi connectivity index (χ3n) is 5.13. The SMILES string of the molecule is Cc1cc2ncc(S(=O)(=O)C3CNCCS3)c(Nc3ccc(Cl)cc3C(=O)O)c2cc1Cl. The van der Waals surface area contributed by atoms with Gasteiger partial charge in [-0.1, -0.05) is 23.2 Å². The number of benzene rings is 2. The lowest BCUT2D eigenvalue weighted by atomic mass is 10.1. The number of aromatic nitrogens is 1. The summed E-state index contributed by atoms with van der Waals surface area (Å²) in [5.74, 6) is -0.530. The van der Waals surface area contributed by atoms with E-state index >= 15 is 0 Å². The van der Waals surface area contributed by atoms with Crippen molar-refractivity contribution in [3.63, 3.8) is 0 Å². The Balaban J connectivity index is 1.95. The second-order valence-electron chi connectivity index (χ2n) is 7.29. The van der Waals surface area contributed by atoms with Gasteiger partial charge in [0, 0.05) is 40.5 Å². The largest absolute Gasteiger partial charge is 0.478 e. The van der Waals surface area contributed by atoms with Gasteiger partial charge in [0.25, 0.3) is 0 Å². The minimum atomic E-state index is -3.81. The number of thioether (sulfide) groups is 1. The molecule has 1 aliphatic rings. The van der Waals surface area contributed by atoms with Crippen molar-refractivity contribution in [2.24, 2.45) is 0 Å². The maximum absolute atomic E-state index is 13.6. The molecule has 7 nitrogen and oxygen atoms in total. The molecule has 2 heterocycles. The molecule has 1 atom stereocenters. The van der Waals surface area contributed by atoms with E-state index in [4.69, 9.17) is 23.2 Å². The van der Waals surface area contributed by atoms with E-state index in [-0.39, 0.29) is 26.9 Å². The Kier molecular flexibility index (Phi) is 6.56. The molecule has 4 rings (SSSR count). The molecule has 1 aromatic heterocycles. The maximum Gasteiger partial charge on any atom is 0.337 e. The van der Waals surface area contributed by atoms with Crippen molar-refractivity contribution in [3.05, 3.63) is 57.7 Å². The molecule has 1 unspecified atom stereocenters. The predicted molar refractivity (Wildman–Crippen MR) is 129 cm³/mol. The van der Waals surface area contributed by atoms with Crippen LogP contribution in [0.5, 0.6) is 0 Å². The van der Waals surface area contributed by atoms with E-state index in [9.17, 15) is 18.3 Å². The van der Waals surface area contributed by atoms with Crippen LogP contribution in [0.2, 0.25) is 10.0 Å². The molecule has 2 aromatic carbocycles. The molecular formula is C21H19Cl2N3O4S2. The number of halogens is 2. The van der Waals surface area contributed by atoms with Crippen LogP contribution in [-0.4, -0.2) is 47.9 Å². The van der Waals surface area contributed by atoms with Crippen molar-refractivity contribution in [1.82, 2.24) is 10.3 Å². The summed E-state index contributed by atoms with van der Waals surface area (Å²) in [4.78, 5) is 16.2.